The van der Waals surface area contributed by atoms with Crippen molar-refractivity contribution < 1.29 is 24.3 Å². The molecule has 1 aromatic heterocycles. The number of nitrogens with zero attached hydrogens (tertiary/aromatic N) is 3. The summed E-state index contributed by atoms with van der Waals surface area (Å²) >= 11 is 1.11. The average Bonchev–Trinajstić information content (AvgIpc) is 3.18. The van der Waals surface area contributed by atoms with Gasteiger partial charge in [0, 0.05) is 13.2 Å². The number of ether oxygens (including phenoxy) is 2. The van der Waals surface area contributed by atoms with Crippen LogP contribution in [0.15, 0.2) is 63.5 Å². The fourth-order valence-electron chi connectivity index (χ4n) is 4.18. The third kappa shape index (κ3) is 5.29. The Balaban J connectivity index is 1.89. The molecule has 1 N–H and O–H groups in total. The molecule has 0 saturated carbocycles. The number of methoxy groups -OCH3 is 1. The van der Waals surface area contributed by atoms with Gasteiger partial charge >= 0.3 is 11.7 Å². The van der Waals surface area contributed by atoms with Gasteiger partial charge in [-0.2, -0.15) is 0 Å². The molecule has 1 atom stereocenters. The summed E-state index contributed by atoms with van der Waals surface area (Å²) in [5.41, 5.74) is 2.00. The molecular weight excluding hydrogens is 510 g/mol. The normalized spacial score (nSPS) is 15.4. The van der Waals surface area contributed by atoms with Gasteiger partial charge in [-0.1, -0.05) is 55.5 Å². The minimum absolute atomic E-state index is 0.0508. The molecule has 0 amide bonds. The summed E-state index contributed by atoms with van der Waals surface area (Å²) in [5.74, 6) is -0.758. The summed E-state index contributed by atoms with van der Waals surface area (Å²) in [7, 11) is 1.51. The summed E-state index contributed by atoms with van der Waals surface area (Å²) < 4.78 is 12.1. The number of nitro groups is 1. The number of aromatic nitrogens is 1. The number of aromatic hydroxyl groups is 1. The maximum absolute atomic E-state index is 13.7. The van der Waals surface area contributed by atoms with Crippen molar-refractivity contribution in [2.75, 3.05) is 20.3 Å². The van der Waals surface area contributed by atoms with E-state index in [4.69, 9.17) is 9.47 Å². The Morgan fingerprint density at radius 1 is 1.24 bits per heavy atom. The maximum Gasteiger partial charge on any atom is 0.338 e. The molecule has 2 heterocycles. The van der Waals surface area contributed by atoms with Gasteiger partial charge in [0.2, 0.25) is 0 Å². The molecule has 0 saturated heterocycles. The molecule has 1 unspecified atom stereocenters. The highest BCUT2D eigenvalue weighted by Gasteiger charge is 2.33. The second kappa shape index (κ2) is 11.1. The molecule has 0 bridgehead atoms. The van der Waals surface area contributed by atoms with Gasteiger partial charge in [-0.3, -0.25) is 19.5 Å². The van der Waals surface area contributed by atoms with Gasteiger partial charge in [-0.05, 0) is 41.7 Å². The molecule has 0 aliphatic carbocycles. The highest BCUT2D eigenvalue weighted by molar-refractivity contribution is 7.07. The lowest BCUT2D eigenvalue weighted by Crippen LogP contribution is -2.40. The maximum atomic E-state index is 13.7. The zero-order valence-corrected chi connectivity index (χ0v) is 22.2. The largest absolute Gasteiger partial charge is 0.502 e. The number of fused-ring (bicyclic) bond motifs is 1. The summed E-state index contributed by atoms with van der Waals surface area (Å²) in [5, 5.41) is 21.0. The minimum Gasteiger partial charge on any atom is -0.502 e. The summed E-state index contributed by atoms with van der Waals surface area (Å²) in [6, 6.07) is 10.8. The molecular formula is C27H27N3O7S. The topological polar surface area (TPSA) is 133 Å². The zero-order valence-electron chi connectivity index (χ0n) is 21.3. The van der Waals surface area contributed by atoms with E-state index in [-0.39, 0.29) is 23.3 Å². The molecule has 1 aliphatic heterocycles. The predicted molar refractivity (Wildman–Crippen MR) is 142 cm³/mol. The van der Waals surface area contributed by atoms with Crippen LogP contribution >= 0.6 is 11.3 Å². The Hall–Kier alpha value is -4.09. The number of phenolic OH excluding ortho intramolecular Hbond substituents is 1. The van der Waals surface area contributed by atoms with Crippen molar-refractivity contribution in [3.8, 4) is 5.75 Å². The van der Waals surface area contributed by atoms with Crippen LogP contribution in [-0.4, -0.2) is 40.9 Å². The van der Waals surface area contributed by atoms with Crippen LogP contribution < -0.4 is 14.9 Å². The van der Waals surface area contributed by atoms with Crippen LogP contribution in [0, 0.1) is 10.1 Å². The van der Waals surface area contributed by atoms with Crippen molar-refractivity contribution in [2.45, 2.75) is 32.7 Å². The second-order valence-corrected chi connectivity index (χ2v) is 10.0. The number of carbonyl (C=O) groups excluding carboxylic acids is 1. The van der Waals surface area contributed by atoms with E-state index < -0.39 is 33.9 Å². The van der Waals surface area contributed by atoms with Crippen molar-refractivity contribution in [3.63, 3.8) is 0 Å². The molecule has 38 heavy (non-hydrogen) atoms. The third-order valence-electron chi connectivity index (χ3n) is 6.18. The van der Waals surface area contributed by atoms with Crippen molar-refractivity contribution in [1.82, 2.24) is 4.57 Å². The number of hydrogen-bond acceptors (Lipinski definition) is 9. The van der Waals surface area contributed by atoms with Crippen LogP contribution in [0.5, 0.6) is 5.75 Å². The molecule has 11 heteroatoms. The first-order valence-electron chi connectivity index (χ1n) is 11.9. The first kappa shape index (κ1) is 27.0. The van der Waals surface area contributed by atoms with Crippen LogP contribution in [0.2, 0.25) is 0 Å². The van der Waals surface area contributed by atoms with Crippen molar-refractivity contribution in [3.05, 3.63) is 100 Å². The highest BCUT2D eigenvalue weighted by atomic mass is 32.1. The quantitative estimate of drug-likeness (QED) is 0.202. The van der Waals surface area contributed by atoms with Gasteiger partial charge < -0.3 is 14.6 Å². The van der Waals surface area contributed by atoms with Crippen LogP contribution in [0.25, 0.3) is 6.08 Å². The van der Waals surface area contributed by atoms with E-state index in [0.29, 0.717) is 22.0 Å². The number of rotatable bonds is 8. The first-order valence-corrected chi connectivity index (χ1v) is 12.7. The molecule has 0 fully saturated rings. The lowest BCUT2D eigenvalue weighted by molar-refractivity contribution is -0.385. The molecule has 0 radical (unpaired) electrons. The fourth-order valence-corrected chi connectivity index (χ4v) is 5.23. The molecule has 3 aromatic rings. The van der Waals surface area contributed by atoms with Gasteiger partial charge in [0.25, 0.3) is 5.56 Å². The number of nitro benzene ring substituents is 1. The van der Waals surface area contributed by atoms with Crippen molar-refractivity contribution >= 4 is 29.1 Å². The van der Waals surface area contributed by atoms with Crippen LogP contribution in [0.4, 0.5) is 5.69 Å². The number of benzene rings is 2. The van der Waals surface area contributed by atoms with Crippen molar-refractivity contribution in [2.24, 2.45) is 4.99 Å². The SMILES string of the molecule is COCCOC(=O)C1=C(C)N=c2sc(=Cc3ccc(O)c([N+](=O)[O-])c3)c(=O)n2C1c1ccc(C(C)C)cc1. The lowest BCUT2D eigenvalue weighted by Gasteiger charge is -2.25. The summed E-state index contributed by atoms with van der Waals surface area (Å²) in [4.78, 5) is 42.4. The van der Waals surface area contributed by atoms with Gasteiger partial charge in [0.15, 0.2) is 10.6 Å². The lowest BCUT2D eigenvalue weighted by atomic mass is 9.93. The van der Waals surface area contributed by atoms with Gasteiger partial charge in [0.1, 0.15) is 6.61 Å². The first-order chi connectivity index (χ1) is 18.1. The van der Waals surface area contributed by atoms with E-state index in [1.165, 1.54) is 36.0 Å². The van der Waals surface area contributed by atoms with E-state index in [1.54, 1.807) is 6.92 Å². The standard InChI is InChI=1S/C27H27N3O7S/c1-15(2)18-6-8-19(9-7-18)24-23(26(33)37-12-11-36-4)16(3)28-27-29(24)25(32)22(38-27)14-17-5-10-21(31)20(13-17)30(34)35/h5-10,13-15,24,31H,11-12H2,1-4H3. The Kier molecular flexibility index (Phi) is 7.88. The van der Waals surface area contributed by atoms with Crippen LogP contribution in [0.1, 0.15) is 49.4 Å². The second-order valence-electron chi connectivity index (χ2n) is 9.04. The van der Waals surface area contributed by atoms with E-state index >= 15 is 0 Å². The van der Waals surface area contributed by atoms with Gasteiger partial charge in [-0.15, -0.1) is 0 Å². The highest BCUT2D eigenvalue weighted by Crippen LogP contribution is 2.32. The number of esters is 1. The summed E-state index contributed by atoms with van der Waals surface area (Å²) in [6.07, 6.45) is 1.51. The zero-order chi connectivity index (χ0) is 27.6. The Morgan fingerprint density at radius 3 is 2.58 bits per heavy atom. The van der Waals surface area contributed by atoms with E-state index in [1.807, 2.05) is 24.3 Å². The Labute approximate surface area is 222 Å². The fraction of sp³-hybridized carbons (Fsp3) is 0.296. The van der Waals surface area contributed by atoms with Crippen molar-refractivity contribution in [1.29, 1.82) is 0 Å². The number of phenols is 1. The van der Waals surface area contributed by atoms with Crippen LogP contribution in [0.3, 0.4) is 0 Å². The number of thiazole rings is 1. The molecule has 10 nitrogen and oxygen atoms in total. The molecule has 0 spiro atoms. The van der Waals surface area contributed by atoms with Gasteiger partial charge in [0.05, 0.1) is 33.4 Å². The Morgan fingerprint density at radius 2 is 1.95 bits per heavy atom. The smallest absolute Gasteiger partial charge is 0.338 e. The number of hydrogen-bond donors (Lipinski definition) is 1. The van der Waals surface area contributed by atoms with Crippen LogP contribution in [-0.2, 0) is 14.3 Å². The predicted octanol–water partition coefficient (Wildman–Crippen LogP) is 3.16. The van der Waals surface area contributed by atoms with E-state index in [0.717, 1.165) is 22.5 Å². The number of allylic oxidation sites excluding steroid dienone is 1. The minimum atomic E-state index is -0.779. The number of carbonyl (C=O) groups is 1. The summed E-state index contributed by atoms with van der Waals surface area (Å²) in [6.45, 7) is 6.13. The third-order valence-corrected chi connectivity index (χ3v) is 7.16. The van der Waals surface area contributed by atoms with Gasteiger partial charge in [-0.25, -0.2) is 9.79 Å². The molecule has 198 valence electrons. The monoisotopic (exact) mass is 537 g/mol. The van der Waals surface area contributed by atoms with E-state index in [9.17, 15) is 24.8 Å². The molecule has 1 aliphatic rings. The Bertz CT molecular complexity index is 1600. The van der Waals surface area contributed by atoms with E-state index in [2.05, 4.69) is 18.8 Å². The molecule has 4 rings (SSSR count). The molecule has 2 aromatic carbocycles. The average molecular weight is 538 g/mol.